The van der Waals surface area contributed by atoms with E-state index < -0.39 is 5.91 Å². The van der Waals surface area contributed by atoms with Crippen molar-refractivity contribution in [1.82, 2.24) is 0 Å². The van der Waals surface area contributed by atoms with Crippen LogP contribution in [0.4, 0.5) is 5.69 Å². The Morgan fingerprint density at radius 2 is 2.04 bits per heavy atom. The Kier molecular flexibility index (Phi) is 7.09. The Balaban J connectivity index is 2.28. The van der Waals surface area contributed by atoms with E-state index in [1.165, 1.54) is 37.5 Å². The third-order valence-corrected chi connectivity index (χ3v) is 3.78. The molecule has 0 saturated heterocycles. The third kappa shape index (κ3) is 5.40. The molecule has 2 aromatic rings. The van der Waals surface area contributed by atoms with Gasteiger partial charge in [-0.3, -0.25) is 4.79 Å². The predicted octanol–water partition coefficient (Wildman–Crippen LogP) is 4.39. The Morgan fingerprint density at radius 1 is 1.33 bits per heavy atom. The van der Waals surface area contributed by atoms with Crippen LogP contribution in [0.3, 0.4) is 0 Å². The SMILES string of the molecule is CCCOc1c(Cl)cc(/C=C(\C#N)C(=O)Nc2ccc(O)cc2)cc1OC. The summed E-state index contributed by atoms with van der Waals surface area (Å²) < 4.78 is 10.9. The number of anilines is 1. The highest BCUT2D eigenvalue weighted by Crippen LogP contribution is 2.37. The molecule has 6 nitrogen and oxygen atoms in total. The topological polar surface area (TPSA) is 91.6 Å². The molecule has 1 amide bonds. The standard InChI is InChI=1S/C20H19ClN2O4/c1-3-8-27-19-17(21)10-13(11-18(19)26-2)9-14(12-22)20(25)23-15-4-6-16(24)7-5-15/h4-7,9-11,24H,3,8H2,1-2H3,(H,23,25)/b14-9+. The normalized spacial score (nSPS) is 10.8. The van der Waals surface area contributed by atoms with Gasteiger partial charge in [-0.05, 0) is 54.5 Å². The fourth-order valence-corrected chi connectivity index (χ4v) is 2.50. The maximum Gasteiger partial charge on any atom is 0.266 e. The zero-order chi connectivity index (χ0) is 19.8. The number of amides is 1. The molecule has 2 rings (SSSR count). The first-order valence-corrected chi connectivity index (χ1v) is 8.58. The second-order valence-electron chi connectivity index (χ2n) is 5.55. The molecule has 0 aliphatic heterocycles. The van der Waals surface area contributed by atoms with Crippen LogP contribution in [0.5, 0.6) is 17.2 Å². The van der Waals surface area contributed by atoms with Crippen LogP contribution in [-0.4, -0.2) is 24.7 Å². The summed E-state index contributed by atoms with van der Waals surface area (Å²) in [6.45, 7) is 2.47. The molecule has 140 valence electrons. The maximum atomic E-state index is 12.3. The highest BCUT2D eigenvalue weighted by atomic mass is 35.5. The van der Waals surface area contributed by atoms with E-state index in [1.54, 1.807) is 12.1 Å². The number of benzene rings is 2. The number of carbonyl (C=O) groups is 1. The minimum Gasteiger partial charge on any atom is -0.508 e. The molecule has 7 heteroatoms. The number of phenolic OH excluding ortho intramolecular Hbond substituents is 1. The quantitative estimate of drug-likeness (QED) is 0.418. The van der Waals surface area contributed by atoms with Gasteiger partial charge in [-0.25, -0.2) is 0 Å². The lowest BCUT2D eigenvalue weighted by Gasteiger charge is -2.13. The summed E-state index contributed by atoms with van der Waals surface area (Å²) in [5, 5.41) is 21.5. The number of rotatable bonds is 7. The second-order valence-corrected chi connectivity index (χ2v) is 5.96. The van der Waals surface area contributed by atoms with E-state index >= 15 is 0 Å². The van der Waals surface area contributed by atoms with Crippen molar-refractivity contribution in [2.75, 3.05) is 19.0 Å². The number of methoxy groups -OCH3 is 1. The second kappa shape index (κ2) is 9.51. The van der Waals surface area contributed by atoms with Crippen LogP contribution in [0.2, 0.25) is 5.02 Å². The van der Waals surface area contributed by atoms with Crippen molar-refractivity contribution in [3.05, 3.63) is 52.6 Å². The van der Waals surface area contributed by atoms with Gasteiger partial charge in [-0.1, -0.05) is 18.5 Å². The molecular weight excluding hydrogens is 368 g/mol. The first-order chi connectivity index (χ1) is 13.0. The molecule has 0 aliphatic rings. The number of nitrogens with one attached hydrogen (secondary N) is 1. The molecule has 0 radical (unpaired) electrons. The molecule has 2 aromatic carbocycles. The number of phenols is 1. The molecule has 0 bridgehead atoms. The van der Waals surface area contributed by atoms with Gasteiger partial charge in [-0.15, -0.1) is 0 Å². The minimum absolute atomic E-state index is 0.0798. The highest BCUT2D eigenvalue weighted by Gasteiger charge is 2.14. The van der Waals surface area contributed by atoms with Gasteiger partial charge in [0.25, 0.3) is 5.91 Å². The van der Waals surface area contributed by atoms with E-state index in [2.05, 4.69) is 5.32 Å². The van der Waals surface area contributed by atoms with Gasteiger partial charge < -0.3 is 19.9 Å². The van der Waals surface area contributed by atoms with Crippen LogP contribution in [0.15, 0.2) is 42.0 Å². The lowest BCUT2D eigenvalue weighted by atomic mass is 10.1. The number of nitrogens with zero attached hydrogens (tertiary/aromatic N) is 1. The van der Waals surface area contributed by atoms with Gasteiger partial charge in [0.05, 0.1) is 18.7 Å². The number of hydrogen-bond donors (Lipinski definition) is 2. The fraction of sp³-hybridized carbons (Fsp3) is 0.200. The Labute approximate surface area is 162 Å². The van der Waals surface area contributed by atoms with Crippen LogP contribution in [0.25, 0.3) is 6.08 Å². The summed E-state index contributed by atoms with van der Waals surface area (Å²) in [5.74, 6) is 0.337. The van der Waals surface area contributed by atoms with Crippen LogP contribution >= 0.6 is 11.6 Å². The Morgan fingerprint density at radius 3 is 2.63 bits per heavy atom. The third-order valence-electron chi connectivity index (χ3n) is 3.50. The minimum atomic E-state index is -0.579. The van der Waals surface area contributed by atoms with Gasteiger partial charge in [0, 0.05) is 5.69 Å². The average molecular weight is 387 g/mol. The van der Waals surface area contributed by atoms with Crippen molar-refractivity contribution in [2.24, 2.45) is 0 Å². The summed E-state index contributed by atoms with van der Waals surface area (Å²) >= 11 is 6.26. The van der Waals surface area contributed by atoms with Gasteiger partial charge in [-0.2, -0.15) is 5.26 Å². The van der Waals surface area contributed by atoms with Crippen LogP contribution < -0.4 is 14.8 Å². The zero-order valence-electron chi connectivity index (χ0n) is 15.0. The number of ether oxygens (including phenoxy) is 2. The van der Waals surface area contributed by atoms with Gasteiger partial charge in [0.15, 0.2) is 11.5 Å². The molecule has 0 aromatic heterocycles. The fourth-order valence-electron chi connectivity index (χ4n) is 2.23. The first kappa shape index (κ1) is 20.1. The summed E-state index contributed by atoms with van der Waals surface area (Å²) in [6, 6.07) is 11.0. The number of carbonyl (C=O) groups excluding carboxylic acids is 1. The largest absolute Gasteiger partial charge is 0.508 e. The first-order valence-electron chi connectivity index (χ1n) is 8.21. The van der Waals surface area contributed by atoms with Crippen molar-refractivity contribution in [1.29, 1.82) is 5.26 Å². The monoisotopic (exact) mass is 386 g/mol. The average Bonchev–Trinajstić information content (AvgIpc) is 2.66. The molecule has 2 N–H and O–H groups in total. The molecule has 0 heterocycles. The van der Waals surface area contributed by atoms with Crippen LogP contribution in [0.1, 0.15) is 18.9 Å². The Hall–Kier alpha value is -3.17. The lowest BCUT2D eigenvalue weighted by Crippen LogP contribution is -2.13. The predicted molar refractivity (Wildman–Crippen MR) is 104 cm³/mol. The number of halogens is 1. The highest BCUT2D eigenvalue weighted by molar-refractivity contribution is 6.32. The molecule has 0 saturated carbocycles. The van der Waals surface area contributed by atoms with E-state index in [1.807, 2.05) is 13.0 Å². The molecule has 0 aliphatic carbocycles. The summed E-state index contributed by atoms with van der Waals surface area (Å²) in [4.78, 5) is 12.3. The van der Waals surface area contributed by atoms with Crippen molar-refractivity contribution in [3.8, 4) is 23.3 Å². The number of aromatic hydroxyl groups is 1. The van der Waals surface area contributed by atoms with Crippen LogP contribution in [0, 0.1) is 11.3 Å². The molecular formula is C20H19ClN2O4. The summed E-state index contributed by atoms with van der Waals surface area (Å²) in [7, 11) is 1.49. The molecule has 27 heavy (non-hydrogen) atoms. The van der Waals surface area contributed by atoms with Crippen LogP contribution in [-0.2, 0) is 4.79 Å². The van der Waals surface area contributed by atoms with E-state index in [4.69, 9.17) is 21.1 Å². The lowest BCUT2D eigenvalue weighted by molar-refractivity contribution is -0.112. The molecule has 0 spiro atoms. The van der Waals surface area contributed by atoms with E-state index in [9.17, 15) is 15.2 Å². The van der Waals surface area contributed by atoms with Gasteiger partial charge >= 0.3 is 0 Å². The number of nitriles is 1. The van der Waals surface area contributed by atoms with Crippen molar-refractivity contribution in [2.45, 2.75) is 13.3 Å². The van der Waals surface area contributed by atoms with Crippen molar-refractivity contribution < 1.29 is 19.4 Å². The smallest absolute Gasteiger partial charge is 0.266 e. The zero-order valence-corrected chi connectivity index (χ0v) is 15.7. The number of hydrogen-bond acceptors (Lipinski definition) is 5. The summed E-state index contributed by atoms with van der Waals surface area (Å²) in [5.41, 5.74) is 0.874. The van der Waals surface area contributed by atoms with Gasteiger partial charge in [0.1, 0.15) is 17.4 Å². The van der Waals surface area contributed by atoms with E-state index in [0.29, 0.717) is 34.4 Å². The van der Waals surface area contributed by atoms with E-state index in [-0.39, 0.29) is 11.3 Å². The molecule has 0 atom stereocenters. The maximum absolute atomic E-state index is 12.3. The van der Waals surface area contributed by atoms with E-state index in [0.717, 1.165) is 6.42 Å². The van der Waals surface area contributed by atoms with Gasteiger partial charge in [0.2, 0.25) is 0 Å². The Bertz CT molecular complexity index is 886. The molecule has 0 fully saturated rings. The summed E-state index contributed by atoms with van der Waals surface area (Å²) in [6.07, 6.45) is 2.23. The molecule has 0 unspecified atom stereocenters. The van der Waals surface area contributed by atoms with Crippen molar-refractivity contribution >= 4 is 29.3 Å². The van der Waals surface area contributed by atoms with Crippen molar-refractivity contribution in [3.63, 3.8) is 0 Å².